The van der Waals surface area contributed by atoms with Crippen LogP contribution in [0.2, 0.25) is 0 Å². The summed E-state index contributed by atoms with van der Waals surface area (Å²) in [7, 11) is 0. The van der Waals surface area contributed by atoms with Gasteiger partial charge in [-0.2, -0.15) is 0 Å². The van der Waals surface area contributed by atoms with Gasteiger partial charge in [0, 0.05) is 10.2 Å². The van der Waals surface area contributed by atoms with Crippen molar-refractivity contribution < 1.29 is 9.53 Å². The van der Waals surface area contributed by atoms with E-state index in [0.29, 0.717) is 0 Å². The smallest absolute Gasteiger partial charge is 0.325 e. The van der Waals surface area contributed by atoms with Crippen molar-refractivity contribution in [1.82, 2.24) is 0 Å². The first kappa shape index (κ1) is 14.0. The largest absolute Gasteiger partial charge is 0.459 e. The number of aryl methyl sites for hydroxylation is 1. The molecule has 0 radical (unpaired) electrons. The summed E-state index contributed by atoms with van der Waals surface area (Å²) in [4.78, 5) is 11.5. The minimum atomic E-state index is -0.439. The standard InChI is InChI=1S/C13H18BrNO2/c1-9-5-6-10(14)7-11(9)15-8-12(16)17-13(2,3)4/h5-7,15H,8H2,1-4H3. The molecule has 0 saturated carbocycles. The maximum atomic E-state index is 11.5. The minimum Gasteiger partial charge on any atom is -0.459 e. The number of esters is 1. The van der Waals surface area contributed by atoms with Crippen LogP contribution in [0.25, 0.3) is 0 Å². The van der Waals surface area contributed by atoms with E-state index in [4.69, 9.17) is 4.74 Å². The number of carbonyl (C=O) groups is 1. The highest BCUT2D eigenvalue weighted by Crippen LogP contribution is 2.20. The van der Waals surface area contributed by atoms with Gasteiger partial charge in [0.25, 0.3) is 0 Å². The molecule has 0 bridgehead atoms. The van der Waals surface area contributed by atoms with Crippen molar-refractivity contribution in [3.63, 3.8) is 0 Å². The monoisotopic (exact) mass is 299 g/mol. The molecule has 0 fully saturated rings. The molecule has 94 valence electrons. The fourth-order valence-corrected chi connectivity index (χ4v) is 1.69. The molecule has 1 N–H and O–H groups in total. The van der Waals surface area contributed by atoms with E-state index in [-0.39, 0.29) is 12.5 Å². The Morgan fingerprint density at radius 2 is 2.06 bits per heavy atom. The number of anilines is 1. The highest BCUT2D eigenvalue weighted by molar-refractivity contribution is 9.10. The molecule has 17 heavy (non-hydrogen) atoms. The van der Waals surface area contributed by atoms with E-state index in [1.807, 2.05) is 45.9 Å². The van der Waals surface area contributed by atoms with Gasteiger partial charge in [-0.3, -0.25) is 4.79 Å². The maximum Gasteiger partial charge on any atom is 0.325 e. The topological polar surface area (TPSA) is 38.3 Å². The van der Waals surface area contributed by atoms with E-state index in [2.05, 4.69) is 21.2 Å². The van der Waals surface area contributed by atoms with Crippen LogP contribution in [0.4, 0.5) is 5.69 Å². The Labute approximate surface area is 111 Å². The fourth-order valence-electron chi connectivity index (χ4n) is 1.33. The minimum absolute atomic E-state index is 0.175. The third-order valence-electron chi connectivity index (χ3n) is 2.04. The maximum absolute atomic E-state index is 11.5. The van der Waals surface area contributed by atoms with Crippen LogP contribution in [-0.4, -0.2) is 18.1 Å². The molecule has 0 spiro atoms. The first-order valence-electron chi connectivity index (χ1n) is 5.50. The summed E-state index contributed by atoms with van der Waals surface area (Å²) >= 11 is 3.40. The summed E-state index contributed by atoms with van der Waals surface area (Å²) < 4.78 is 6.20. The van der Waals surface area contributed by atoms with Crippen molar-refractivity contribution in [2.45, 2.75) is 33.3 Å². The number of hydrogen-bond acceptors (Lipinski definition) is 3. The van der Waals surface area contributed by atoms with Gasteiger partial charge in [-0.05, 0) is 45.4 Å². The Morgan fingerprint density at radius 3 is 2.65 bits per heavy atom. The van der Waals surface area contributed by atoms with E-state index >= 15 is 0 Å². The molecule has 0 saturated heterocycles. The zero-order chi connectivity index (χ0) is 13.1. The number of rotatable bonds is 3. The molecule has 0 unspecified atom stereocenters. The van der Waals surface area contributed by atoms with Gasteiger partial charge in [-0.15, -0.1) is 0 Å². The van der Waals surface area contributed by atoms with Crippen molar-refractivity contribution in [2.24, 2.45) is 0 Å². The number of halogens is 1. The number of benzene rings is 1. The van der Waals surface area contributed by atoms with Crippen molar-refractivity contribution in [3.05, 3.63) is 28.2 Å². The lowest BCUT2D eigenvalue weighted by atomic mass is 10.2. The zero-order valence-corrected chi connectivity index (χ0v) is 12.2. The lowest BCUT2D eigenvalue weighted by Gasteiger charge is -2.20. The summed E-state index contributed by atoms with van der Waals surface area (Å²) in [6.07, 6.45) is 0. The molecule has 1 aromatic carbocycles. The van der Waals surface area contributed by atoms with Gasteiger partial charge >= 0.3 is 5.97 Å². The van der Waals surface area contributed by atoms with Gasteiger partial charge in [-0.25, -0.2) is 0 Å². The molecule has 0 aliphatic heterocycles. The van der Waals surface area contributed by atoms with E-state index in [9.17, 15) is 4.79 Å². The number of ether oxygens (including phenoxy) is 1. The summed E-state index contributed by atoms with van der Waals surface area (Å²) in [6.45, 7) is 7.73. The Morgan fingerprint density at radius 1 is 1.41 bits per heavy atom. The highest BCUT2D eigenvalue weighted by Gasteiger charge is 2.15. The first-order valence-corrected chi connectivity index (χ1v) is 6.29. The molecule has 1 rings (SSSR count). The number of carbonyl (C=O) groups excluding carboxylic acids is 1. The van der Waals surface area contributed by atoms with Crippen molar-refractivity contribution in [1.29, 1.82) is 0 Å². The predicted octanol–water partition coefficient (Wildman–Crippen LogP) is 3.51. The van der Waals surface area contributed by atoms with Gasteiger partial charge in [0.1, 0.15) is 12.1 Å². The second-order valence-electron chi connectivity index (χ2n) is 4.90. The van der Waals surface area contributed by atoms with E-state index in [0.717, 1.165) is 15.7 Å². The molecule has 0 aromatic heterocycles. The molecule has 0 aliphatic carbocycles. The Kier molecular flexibility index (Phi) is 4.57. The lowest BCUT2D eigenvalue weighted by Crippen LogP contribution is -2.28. The van der Waals surface area contributed by atoms with Crippen molar-refractivity contribution in [2.75, 3.05) is 11.9 Å². The molecule has 0 heterocycles. The van der Waals surface area contributed by atoms with Crippen LogP contribution < -0.4 is 5.32 Å². The van der Waals surface area contributed by atoms with Crippen LogP contribution in [-0.2, 0) is 9.53 Å². The molecule has 0 atom stereocenters. The summed E-state index contributed by atoms with van der Waals surface area (Å²) in [5, 5.41) is 3.07. The van der Waals surface area contributed by atoms with Gasteiger partial charge in [0.2, 0.25) is 0 Å². The second kappa shape index (κ2) is 5.54. The van der Waals surface area contributed by atoms with E-state index in [1.165, 1.54) is 0 Å². The molecule has 4 heteroatoms. The van der Waals surface area contributed by atoms with Gasteiger partial charge in [0.05, 0.1) is 0 Å². The van der Waals surface area contributed by atoms with E-state index < -0.39 is 5.60 Å². The SMILES string of the molecule is Cc1ccc(Br)cc1NCC(=O)OC(C)(C)C. The van der Waals surface area contributed by atoms with Gasteiger partial charge < -0.3 is 10.1 Å². The summed E-state index contributed by atoms with van der Waals surface area (Å²) in [5.74, 6) is -0.253. The normalized spacial score (nSPS) is 11.1. The predicted molar refractivity (Wildman–Crippen MR) is 73.2 cm³/mol. The average molecular weight is 300 g/mol. The fraction of sp³-hybridized carbons (Fsp3) is 0.462. The second-order valence-corrected chi connectivity index (χ2v) is 5.81. The molecule has 1 aromatic rings. The molecule has 0 amide bonds. The summed E-state index contributed by atoms with van der Waals surface area (Å²) in [5.41, 5.74) is 1.59. The van der Waals surface area contributed by atoms with Gasteiger partial charge in [0.15, 0.2) is 0 Å². The average Bonchev–Trinajstić information content (AvgIpc) is 2.17. The van der Waals surface area contributed by atoms with Crippen LogP contribution in [0.5, 0.6) is 0 Å². The van der Waals surface area contributed by atoms with Crippen LogP contribution >= 0.6 is 15.9 Å². The van der Waals surface area contributed by atoms with Crippen molar-refractivity contribution >= 4 is 27.6 Å². The van der Waals surface area contributed by atoms with Crippen LogP contribution in [0.3, 0.4) is 0 Å². The van der Waals surface area contributed by atoms with E-state index in [1.54, 1.807) is 0 Å². The Hall–Kier alpha value is -1.03. The molecule has 0 aliphatic rings. The molecule has 3 nitrogen and oxygen atoms in total. The lowest BCUT2D eigenvalue weighted by molar-refractivity contribution is -0.152. The number of nitrogens with one attached hydrogen (secondary N) is 1. The van der Waals surface area contributed by atoms with Crippen LogP contribution in [0, 0.1) is 6.92 Å². The third kappa shape index (κ3) is 5.22. The highest BCUT2D eigenvalue weighted by atomic mass is 79.9. The third-order valence-corrected chi connectivity index (χ3v) is 2.54. The van der Waals surface area contributed by atoms with Crippen LogP contribution in [0.15, 0.2) is 22.7 Å². The zero-order valence-electron chi connectivity index (χ0n) is 10.6. The summed E-state index contributed by atoms with van der Waals surface area (Å²) in [6, 6.07) is 5.90. The quantitative estimate of drug-likeness (QED) is 0.868. The Bertz CT molecular complexity index is 410. The Balaban J connectivity index is 2.56. The van der Waals surface area contributed by atoms with Crippen molar-refractivity contribution in [3.8, 4) is 0 Å². The molecular weight excluding hydrogens is 282 g/mol. The first-order chi connectivity index (χ1) is 7.78. The van der Waals surface area contributed by atoms with Crippen LogP contribution in [0.1, 0.15) is 26.3 Å². The molecular formula is C13H18BrNO2. The van der Waals surface area contributed by atoms with Gasteiger partial charge in [-0.1, -0.05) is 22.0 Å². The number of hydrogen-bond donors (Lipinski definition) is 1.